The Balaban J connectivity index is 1.61. The van der Waals surface area contributed by atoms with Crippen LogP contribution < -0.4 is 5.56 Å². The Morgan fingerprint density at radius 2 is 1.94 bits per heavy atom. The molecule has 3 aromatic rings. The fourth-order valence-electron chi connectivity index (χ4n) is 4.19. The third kappa shape index (κ3) is 4.89. The van der Waals surface area contributed by atoms with Crippen LogP contribution in [-0.2, 0) is 26.1 Å². The van der Waals surface area contributed by atoms with Crippen LogP contribution in [0.4, 0.5) is 0 Å². The first-order valence-corrected chi connectivity index (χ1v) is 12.6. The number of nitrogens with one attached hydrogen (secondary N) is 1. The predicted molar refractivity (Wildman–Crippen MR) is 128 cm³/mol. The van der Waals surface area contributed by atoms with Gasteiger partial charge in [0.15, 0.2) is 0 Å². The number of aromatic nitrogens is 2. The van der Waals surface area contributed by atoms with Gasteiger partial charge in [-0.25, -0.2) is 13.4 Å². The summed E-state index contributed by atoms with van der Waals surface area (Å²) in [4.78, 5) is 35.0. The number of ether oxygens (including phenoxy) is 1. The van der Waals surface area contributed by atoms with Crippen LogP contribution in [0.5, 0.6) is 0 Å². The first kappa shape index (κ1) is 24.1. The molecule has 0 bridgehead atoms. The number of nitrogens with zero attached hydrogens (tertiary/aromatic N) is 3. The lowest BCUT2D eigenvalue weighted by Crippen LogP contribution is -2.48. The highest BCUT2D eigenvalue weighted by Crippen LogP contribution is 2.28. The minimum Gasteiger partial charge on any atom is -0.383 e. The van der Waals surface area contributed by atoms with Crippen molar-refractivity contribution >= 4 is 26.8 Å². The molecule has 0 spiro atoms. The number of H-pyrrole nitrogens is 1. The number of hydrogen-bond donors (Lipinski definition) is 1. The number of benzene rings is 2. The maximum Gasteiger partial charge on any atom is 0.258 e. The lowest BCUT2D eigenvalue weighted by molar-refractivity contribution is -0.136. The van der Waals surface area contributed by atoms with Gasteiger partial charge in [-0.05, 0) is 44.0 Å². The summed E-state index contributed by atoms with van der Waals surface area (Å²) in [5.41, 5.74) is 1.20. The number of rotatable bonds is 8. The molecule has 1 fully saturated rings. The molecule has 1 atom stereocenters. The van der Waals surface area contributed by atoms with E-state index in [0.717, 1.165) is 5.56 Å². The second kappa shape index (κ2) is 10.0. The van der Waals surface area contributed by atoms with E-state index in [1.54, 1.807) is 48.5 Å². The maximum absolute atomic E-state index is 13.6. The van der Waals surface area contributed by atoms with Crippen molar-refractivity contribution < 1.29 is 17.9 Å². The van der Waals surface area contributed by atoms with Crippen molar-refractivity contribution in [3.63, 3.8) is 0 Å². The highest BCUT2D eigenvalue weighted by Gasteiger charge is 2.41. The van der Waals surface area contributed by atoms with Crippen molar-refractivity contribution in [3.8, 4) is 0 Å². The largest absolute Gasteiger partial charge is 0.383 e. The van der Waals surface area contributed by atoms with E-state index in [9.17, 15) is 18.0 Å². The van der Waals surface area contributed by atoms with Crippen LogP contribution >= 0.6 is 0 Å². The molecule has 180 valence electrons. The average molecular weight is 485 g/mol. The van der Waals surface area contributed by atoms with Gasteiger partial charge in [0.05, 0.1) is 29.0 Å². The zero-order chi connectivity index (χ0) is 24.3. The summed E-state index contributed by atoms with van der Waals surface area (Å²) in [5.74, 6) is 0.000126. The van der Waals surface area contributed by atoms with Crippen LogP contribution in [0.1, 0.15) is 24.2 Å². The van der Waals surface area contributed by atoms with Crippen LogP contribution in [-0.4, -0.2) is 66.3 Å². The molecule has 1 unspecified atom stereocenters. The number of carbonyl (C=O) groups excluding carboxylic acids is 1. The lowest BCUT2D eigenvalue weighted by Gasteiger charge is -2.29. The molecule has 1 N–H and O–H groups in total. The maximum atomic E-state index is 13.6. The average Bonchev–Trinajstić information content (AvgIpc) is 3.33. The molecule has 34 heavy (non-hydrogen) atoms. The van der Waals surface area contributed by atoms with Crippen LogP contribution in [0.2, 0.25) is 0 Å². The van der Waals surface area contributed by atoms with E-state index >= 15 is 0 Å². The van der Waals surface area contributed by atoms with Crippen LogP contribution in [0.15, 0.2) is 58.2 Å². The Labute approximate surface area is 198 Å². The summed E-state index contributed by atoms with van der Waals surface area (Å²) in [6, 6.07) is 12.8. The number of fused-ring (bicyclic) bond motifs is 1. The van der Waals surface area contributed by atoms with Crippen molar-refractivity contribution in [2.24, 2.45) is 0 Å². The van der Waals surface area contributed by atoms with Crippen LogP contribution in [0, 0.1) is 6.92 Å². The van der Waals surface area contributed by atoms with Crippen molar-refractivity contribution in [1.82, 2.24) is 19.2 Å². The van der Waals surface area contributed by atoms with Gasteiger partial charge in [-0.3, -0.25) is 9.59 Å². The van der Waals surface area contributed by atoms with Crippen LogP contribution in [0.3, 0.4) is 0 Å². The fourth-order valence-corrected chi connectivity index (χ4v) is 5.84. The third-order valence-electron chi connectivity index (χ3n) is 6.00. The highest BCUT2D eigenvalue weighted by molar-refractivity contribution is 7.89. The molecule has 2 aromatic carbocycles. The normalized spacial score (nSPS) is 16.7. The van der Waals surface area contributed by atoms with E-state index in [1.165, 1.54) is 16.3 Å². The van der Waals surface area contributed by atoms with Crippen molar-refractivity contribution in [1.29, 1.82) is 0 Å². The Kier molecular flexibility index (Phi) is 7.11. The van der Waals surface area contributed by atoms with Gasteiger partial charge in [0.25, 0.3) is 5.56 Å². The number of methoxy groups -OCH3 is 1. The number of sulfonamides is 1. The van der Waals surface area contributed by atoms with Crippen molar-refractivity contribution in [2.45, 2.75) is 37.2 Å². The molecule has 1 aliphatic rings. The van der Waals surface area contributed by atoms with Gasteiger partial charge in [-0.15, -0.1) is 0 Å². The molecule has 0 aliphatic carbocycles. The van der Waals surface area contributed by atoms with E-state index in [4.69, 9.17) is 4.74 Å². The van der Waals surface area contributed by atoms with E-state index in [-0.39, 0.29) is 42.6 Å². The van der Waals surface area contributed by atoms with E-state index in [2.05, 4.69) is 9.97 Å². The third-order valence-corrected chi connectivity index (χ3v) is 7.92. The Bertz CT molecular complexity index is 1340. The predicted octanol–water partition coefficient (Wildman–Crippen LogP) is 2.06. The van der Waals surface area contributed by atoms with Crippen molar-refractivity contribution in [3.05, 3.63) is 70.3 Å². The summed E-state index contributed by atoms with van der Waals surface area (Å²) in [7, 11) is -2.30. The molecule has 4 rings (SSSR count). The molecule has 9 nitrogen and oxygen atoms in total. The number of amides is 1. The fraction of sp³-hybridized carbons (Fsp3) is 0.375. The number of carbonyl (C=O) groups is 1. The van der Waals surface area contributed by atoms with Gasteiger partial charge in [0, 0.05) is 20.2 Å². The van der Waals surface area contributed by atoms with Gasteiger partial charge in [-0.1, -0.05) is 29.8 Å². The van der Waals surface area contributed by atoms with Gasteiger partial charge >= 0.3 is 0 Å². The molecule has 2 heterocycles. The molecule has 0 radical (unpaired) electrons. The van der Waals surface area contributed by atoms with Crippen molar-refractivity contribution in [2.75, 3.05) is 26.8 Å². The first-order chi connectivity index (χ1) is 16.3. The molecule has 10 heteroatoms. The minimum absolute atomic E-state index is 0.0389. The standard InChI is InChI=1S/C24H28N4O5S/c1-17-9-11-18(12-10-17)34(31,32)28-13-5-8-21(28)24(30)27(14-15-33-2)16-22-25-20-7-4-3-6-19(20)23(29)26-22/h3-4,6-7,9-12,21H,5,8,13-16H2,1-2H3,(H,25,26,29). The SMILES string of the molecule is COCCN(Cc1nc2ccccc2c(=O)[nH]1)C(=O)C1CCCN1S(=O)(=O)c1ccc(C)cc1. The second-order valence-corrected chi connectivity index (χ2v) is 10.3. The first-order valence-electron chi connectivity index (χ1n) is 11.2. The molecule has 1 aromatic heterocycles. The summed E-state index contributed by atoms with van der Waals surface area (Å²) in [5, 5.41) is 0.465. The topological polar surface area (TPSA) is 113 Å². The molecule has 0 saturated carbocycles. The van der Waals surface area contributed by atoms with Gasteiger partial charge < -0.3 is 14.6 Å². The van der Waals surface area contributed by atoms with Gasteiger partial charge in [0.2, 0.25) is 15.9 Å². The van der Waals surface area contributed by atoms with E-state index in [0.29, 0.717) is 29.6 Å². The molecule has 1 amide bonds. The van der Waals surface area contributed by atoms with Gasteiger partial charge in [-0.2, -0.15) is 4.31 Å². The minimum atomic E-state index is -3.83. The molecular weight excluding hydrogens is 456 g/mol. The molecule has 1 aliphatic heterocycles. The molecule has 1 saturated heterocycles. The number of para-hydroxylation sites is 1. The Morgan fingerprint density at radius 1 is 1.21 bits per heavy atom. The highest BCUT2D eigenvalue weighted by atomic mass is 32.2. The quantitative estimate of drug-likeness (QED) is 0.524. The number of aryl methyl sites for hydroxylation is 1. The summed E-state index contributed by atoms with van der Waals surface area (Å²) in [6.45, 7) is 2.70. The van der Waals surface area contributed by atoms with E-state index < -0.39 is 16.1 Å². The summed E-state index contributed by atoms with van der Waals surface area (Å²) in [6.07, 6.45) is 1.01. The van der Waals surface area contributed by atoms with E-state index in [1.807, 2.05) is 6.92 Å². The Morgan fingerprint density at radius 3 is 2.68 bits per heavy atom. The number of aromatic amines is 1. The zero-order valence-electron chi connectivity index (χ0n) is 19.2. The zero-order valence-corrected chi connectivity index (χ0v) is 20.0. The summed E-state index contributed by atoms with van der Waals surface area (Å²) < 4.78 is 33.1. The number of hydrogen-bond acceptors (Lipinski definition) is 6. The second-order valence-electron chi connectivity index (χ2n) is 8.37. The van der Waals surface area contributed by atoms with Crippen LogP contribution in [0.25, 0.3) is 10.9 Å². The lowest BCUT2D eigenvalue weighted by atomic mass is 10.2. The summed E-state index contributed by atoms with van der Waals surface area (Å²) >= 11 is 0. The van der Waals surface area contributed by atoms with Gasteiger partial charge in [0.1, 0.15) is 11.9 Å². The Hall–Kier alpha value is -3.08. The monoisotopic (exact) mass is 484 g/mol. The molecular formula is C24H28N4O5S. The smallest absolute Gasteiger partial charge is 0.258 e.